The smallest absolute Gasteiger partial charge is 0.465 e. The fourth-order valence-electron chi connectivity index (χ4n) is 2.87. The lowest BCUT2D eigenvalue weighted by atomic mass is 9.89. The van der Waals surface area contributed by atoms with Gasteiger partial charge in [-0.3, -0.25) is 0 Å². The van der Waals surface area contributed by atoms with Crippen LogP contribution in [0.1, 0.15) is 17.0 Å². The van der Waals surface area contributed by atoms with Crippen molar-refractivity contribution in [3.8, 4) is 5.75 Å². The van der Waals surface area contributed by atoms with Crippen molar-refractivity contribution in [2.45, 2.75) is 24.1 Å². The molecule has 24 heavy (non-hydrogen) atoms. The molecule has 2 aliphatic heterocycles. The van der Waals surface area contributed by atoms with Crippen LogP contribution in [-0.2, 0) is 21.5 Å². The number of rotatable bonds is 2. The van der Waals surface area contributed by atoms with Crippen molar-refractivity contribution >= 4 is 16.2 Å². The molecule has 3 rings (SSSR count). The summed E-state index contributed by atoms with van der Waals surface area (Å²) in [6.45, 7) is 0.421. The summed E-state index contributed by atoms with van der Waals surface area (Å²) in [6.07, 6.45) is -1.55. The SMILES string of the molecule is O=C(O)N1CC2OCc3ccc(OS(=O)(=O)C(F)(F)F)cc3C2C1. The van der Waals surface area contributed by atoms with Crippen molar-refractivity contribution in [1.82, 2.24) is 4.90 Å². The second-order valence-electron chi connectivity index (χ2n) is 5.49. The van der Waals surface area contributed by atoms with Gasteiger partial charge in [0.15, 0.2) is 0 Å². The number of alkyl halides is 3. The Bertz CT molecular complexity index is 778. The Labute approximate surface area is 134 Å². The Balaban J connectivity index is 1.90. The number of ether oxygens (including phenoxy) is 1. The topological polar surface area (TPSA) is 93.1 Å². The van der Waals surface area contributed by atoms with Crippen LogP contribution in [0.2, 0.25) is 0 Å². The average Bonchev–Trinajstić information content (AvgIpc) is 2.90. The van der Waals surface area contributed by atoms with Crippen LogP contribution < -0.4 is 4.18 Å². The summed E-state index contributed by atoms with van der Waals surface area (Å²) in [7, 11) is -5.76. The van der Waals surface area contributed by atoms with E-state index in [1.807, 2.05) is 0 Å². The third-order valence-corrected chi connectivity index (χ3v) is 4.97. The Hall–Kier alpha value is -2.01. The number of carbonyl (C=O) groups is 1. The van der Waals surface area contributed by atoms with Crippen molar-refractivity contribution in [2.75, 3.05) is 13.1 Å². The predicted octanol–water partition coefficient (Wildman–Crippen LogP) is 1.89. The summed E-state index contributed by atoms with van der Waals surface area (Å²) >= 11 is 0. The molecule has 1 aromatic rings. The van der Waals surface area contributed by atoms with Gasteiger partial charge in [0.1, 0.15) is 5.75 Å². The Morgan fingerprint density at radius 1 is 1.33 bits per heavy atom. The van der Waals surface area contributed by atoms with Crippen LogP contribution in [0.3, 0.4) is 0 Å². The number of likely N-dealkylation sites (tertiary alicyclic amines) is 1. The number of hydrogen-bond acceptors (Lipinski definition) is 5. The van der Waals surface area contributed by atoms with E-state index in [-0.39, 0.29) is 25.6 Å². The third-order valence-electron chi connectivity index (χ3n) is 4.00. The molecule has 1 fully saturated rings. The Kier molecular flexibility index (Phi) is 3.87. The van der Waals surface area contributed by atoms with Crippen molar-refractivity contribution in [3.63, 3.8) is 0 Å². The van der Waals surface area contributed by atoms with Crippen LogP contribution in [0, 0.1) is 0 Å². The van der Waals surface area contributed by atoms with Gasteiger partial charge in [0.25, 0.3) is 0 Å². The monoisotopic (exact) mass is 367 g/mol. The molecule has 1 N–H and O–H groups in total. The van der Waals surface area contributed by atoms with E-state index in [0.717, 1.165) is 11.0 Å². The van der Waals surface area contributed by atoms with E-state index < -0.39 is 33.6 Å². The summed E-state index contributed by atoms with van der Waals surface area (Å²) in [5.74, 6) is -0.859. The number of benzene rings is 1. The number of halogens is 3. The van der Waals surface area contributed by atoms with Gasteiger partial charge in [-0.2, -0.15) is 21.6 Å². The molecule has 1 aromatic carbocycles. The van der Waals surface area contributed by atoms with Crippen molar-refractivity contribution in [3.05, 3.63) is 29.3 Å². The molecule has 1 amide bonds. The number of hydrogen-bond donors (Lipinski definition) is 1. The zero-order valence-electron chi connectivity index (χ0n) is 12.0. The molecule has 2 heterocycles. The van der Waals surface area contributed by atoms with E-state index in [0.29, 0.717) is 11.1 Å². The van der Waals surface area contributed by atoms with Gasteiger partial charge in [0.05, 0.1) is 19.3 Å². The van der Waals surface area contributed by atoms with Crippen LogP contribution in [0.15, 0.2) is 18.2 Å². The van der Waals surface area contributed by atoms with Gasteiger partial charge in [-0.15, -0.1) is 0 Å². The minimum absolute atomic E-state index is 0.114. The van der Waals surface area contributed by atoms with Crippen LogP contribution in [0.25, 0.3) is 0 Å². The molecule has 7 nitrogen and oxygen atoms in total. The lowest BCUT2D eigenvalue weighted by molar-refractivity contribution is -0.0500. The molecular formula is C13H12F3NO6S. The summed E-state index contributed by atoms with van der Waals surface area (Å²) in [5, 5.41) is 9.05. The van der Waals surface area contributed by atoms with Gasteiger partial charge in [-0.05, 0) is 23.3 Å². The molecule has 11 heteroatoms. The first kappa shape index (κ1) is 16.8. The number of amides is 1. The van der Waals surface area contributed by atoms with E-state index in [4.69, 9.17) is 9.84 Å². The van der Waals surface area contributed by atoms with E-state index in [1.165, 1.54) is 12.1 Å². The normalized spacial score (nSPS) is 23.5. The number of carboxylic acid groups (broad SMARTS) is 1. The fourth-order valence-corrected chi connectivity index (χ4v) is 3.32. The first-order chi connectivity index (χ1) is 11.1. The molecule has 2 atom stereocenters. The van der Waals surface area contributed by atoms with Gasteiger partial charge < -0.3 is 18.9 Å². The van der Waals surface area contributed by atoms with Crippen LogP contribution >= 0.6 is 0 Å². The molecule has 0 saturated carbocycles. The molecular weight excluding hydrogens is 355 g/mol. The molecule has 1 saturated heterocycles. The first-order valence-electron chi connectivity index (χ1n) is 6.81. The largest absolute Gasteiger partial charge is 0.534 e. The van der Waals surface area contributed by atoms with Gasteiger partial charge in [-0.25, -0.2) is 4.79 Å². The van der Waals surface area contributed by atoms with Gasteiger partial charge in [0.2, 0.25) is 0 Å². The highest BCUT2D eigenvalue weighted by Crippen LogP contribution is 2.39. The Morgan fingerprint density at radius 3 is 2.67 bits per heavy atom. The summed E-state index contributed by atoms with van der Waals surface area (Å²) in [6, 6.07) is 3.72. The summed E-state index contributed by atoms with van der Waals surface area (Å²) in [4.78, 5) is 12.2. The number of fused-ring (bicyclic) bond motifs is 3. The van der Waals surface area contributed by atoms with E-state index in [1.54, 1.807) is 0 Å². The molecule has 132 valence electrons. The Morgan fingerprint density at radius 2 is 2.04 bits per heavy atom. The minimum Gasteiger partial charge on any atom is -0.465 e. The standard InChI is InChI=1S/C13H12F3NO6S/c14-13(15,16)24(20,21)23-8-2-1-7-6-22-11-5-17(12(18)19)4-10(11)9(7)3-8/h1-3,10-11H,4-6H2,(H,18,19). The average molecular weight is 367 g/mol. The highest BCUT2D eigenvalue weighted by molar-refractivity contribution is 7.88. The van der Waals surface area contributed by atoms with Gasteiger partial charge in [-0.1, -0.05) is 6.07 Å². The molecule has 0 radical (unpaired) electrons. The molecule has 0 spiro atoms. The maximum absolute atomic E-state index is 12.4. The van der Waals surface area contributed by atoms with Crippen molar-refractivity contribution in [2.24, 2.45) is 0 Å². The van der Waals surface area contributed by atoms with Crippen molar-refractivity contribution < 1.29 is 40.4 Å². The second-order valence-corrected chi connectivity index (χ2v) is 7.03. The fraction of sp³-hybridized carbons (Fsp3) is 0.462. The van der Waals surface area contributed by atoms with E-state index in [9.17, 15) is 26.4 Å². The maximum Gasteiger partial charge on any atom is 0.534 e. The number of nitrogens with zero attached hydrogens (tertiary/aromatic N) is 1. The maximum atomic E-state index is 12.4. The zero-order chi connectivity index (χ0) is 17.7. The summed E-state index contributed by atoms with van der Waals surface area (Å²) in [5.41, 5.74) is -4.34. The molecule has 0 bridgehead atoms. The van der Waals surface area contributed by atoms with Gasteiger partial charge >= 0.3 is 21.7 Å². The highest BCUT2D eigenvalue weighted by Gasteiger charge is 2.49. The molecule has 0 aliphatic carbocycles. The van der Waals surface area contributed by atoms with Crippen LogP contribution in [0.4, 0.5) is 18.0 Å². The minimum atomic E-state index is -5.76. The lowest BCUT2D eigenvalue weighted by Crippen LogP contribution is -2.29. The molecule has 0 aromatic heterocycles. The first-order valence-corrected chi connectivity index (χ1v) is 8.22. The van der Waals surface area contributed by atoms with E-state index >= 15 is 0 Å². The predicted molar refractivity (Wildman–Crippen MR) is 73.0 cm³/mol. The van der Waals surface area contributed by atoms with Crippen LogP contribution in [0.5, 0.6) is 5.75 Å². The van der Waals surface area contributed by atoms with Crippen molar-refractivity contribution in [1.29, 1.82) is 0 Å². The second kappa shape index (κ2) is 5.52. The van der Waals surface area contributed by atoms with E-state index in [2.05, 4.69) is 4.18 Å². The van der Waals surface area contributed by atoms with Crippen LogP contribution in [-0.4, -0.2) is 49.2 Å². The lowest BCUT2D eigenvalue weighted by Gasteiger charge is -2.27. The molecule has 2 unspecified atom stereocenters. The molecule has 2 aliphatic rings. The third kappa shape index (κ3) is 2.88. The summed E-state index contributed by atoms with van der Waals surface area (Å²) < 4.78 is 69.1. The quantitative estimate of drug-likeness (QED) is 0.634. The van der Waals surface area contributed by atoms with Gasteiger partial charge in [0, 0.05) is 12.5 Å². The zero-order valence-corrected chi connectivity index (χ0v) is 12.8. The highest BCUT2D eigenvalue weighted by atomic mass is 32.2.